The predicted molar refractivity (Wildman–Crippen MR) is 87.4 cm³/mol. The normalized spacial score (nSPS) is 11.1. The number of hydrogen-bond donors (Lipinski definition) is 0. The van der Waals surface area contributed by atoms with Crippen LogP contribution in [0.2, 0.25) is 0 Å². The van der Waals surface area contributed by atoms with E-state index in [1.807, 2.05) is 55.5 Å². The molecule has 0 saturated heterocycles. The summed E-state index contributed by atoms with van der Waals surface area (Å²) in [7, 11) is 0. The molecule has 0 aliphatic heterocycles. The Labute approximate surface area is 126 Å². The van der Waals surface area contributed by atoms with Crippen LogP contribution in [0.15, 0.2) is 65.6 Å². The number of nitrogens with zero attached hydrogens (tertiary/aromatic N) is 3. The monoisotopic (exact) mass is 287 g/mol. The Morgan fingerprint density at radius 3 is 2.55 bits per heavy atom. The van der Waals surface area contributed by atoms with Gasteiger partial charge in [0.15, 0.2) is 0 Å². The molecule has 2 aromatic heterocycles. The summed E-state index contributed by atoms with van der Waals surface area (Å²) < 4.78 is 1.64. The summed E-state index contributed by atoms with van der Waals surface area (Å²) in [5.74, 6) is 0.667. The highest BCUT2D eigenvalue weighted by Gasteiger charge is 2.12. The Bertz CT molecular complexity index is 1050. The second-order valence-electron chi connectivity index (χ2n) is 5.17. The van der Waals surface area contributed by atoms with Crippen LogP contribution in [-0.2, 0) is 0 Å². The van der Waals surface area contributed by atoms with Crippen molar-refractivity contribution in [1.82, 2.24) is 14.5 Å². The fourth-order valence-corrected chi connectivity index (χ4v) is 2.79. The lowest BCUT2D eigenvalue weighted by molar-refractivity contribution is 0.896. The van der Waals surface area contributed by atoms with Gasteiger partial charge in [-0.3, -0.25) is 14.3 Å². The van der Waals surface area contributed by atoms with Gasteiger partial charge in [0.2, 0.25) is 0 Å². The highest BCUT2D eigenvalue weighted by atomic mass is 16.1. The average Bonchev–Trinajstić information content (AvgIpc) is 2.56. The largest absolute Gasteiger partial charge is 0.268 e. The van der Waals surface area contributed by atoms with E-state index in [0.29, 0.717) is 16.7 Å². The fourth-order valence-electron chi connectivity index (χ4n) is 2.79. The van der Waals surface area contributed by atoms with Gasteiger partial charge in [-0.1, -0.05) is 18.2 Å². The van der Waals surface area contributed by atoms with E-state index in [0.717, 1.165) is 16.6 Å². The molecule has 22 heavy (non-hydrogen) atoms. The van der Waals surface area contributed by atoms with Crippen molar-refractivity contribution in [2.24, 2.45) is 0 Å². The Morgan fingerprint density at radius 1 is 0.909 bits per heavy atom. The van der Waals surface area contributed by atoms with Gasteiger partial charge >= 0.3 is 0 Å². The fraction of sp³-hybridized carbons (Fsp3) is 0.0556. The molecule has 0 fully saturated rings. The zero-order valence-electron chi connectivity index (χ0n) is 12.0. The van der Waals surface area contributed by atoms with Gasteiger partial charge in [0.05, 0.1) is 22.1 Å². The van der Waals surface area contributed by atoms with E-state index >= 15 is 0 Å². The van der Waals surface area contributed by atoms with Crippen LogP contribution < -0.4 is 5.56 Å². The summed E-state index contributed by atoms with van der Waals surface area (Å²) in [5, 5.41) is 1.51. The quantitative estimate of drug-likeness (QED) is 0.505. The number of fused-ring (bicyclic) bond motifs is 3. The predicted octanol–water partition coefficient (Wildman–Crippen LogP) is 3.24. The van der Waals surface area contributed by atoms with Crippen LogP contribution in [0, 0.1) is 6.92 Å². The van der Waals surface area contributed by atoms with Gasteiger partial charge < -0.3 is 0 Å². The van der Waals surface area contributed by atoms with E-state index in [-0.39, 0.29) is 5.56 Å². The van der Waals surface area contributed by atoms with E-state index in [9.17, 15) is 4.79 Å². The van der Waals surface area contributed by atoms with Crippen LogP contribution in [0.3, 0.4) is 0 Å². The van der Waals surface area contributed by atoms with E-state index in [2.05, 4.69) is 9.97 Å². The van der Waals surface area contributed by atoms with Gasteiger partial charge in [-0.2, -0.15) is 0 Å². The highest BCUT2D eigenvalue weighted by Crippen LogP contribution is 2.21. The van der Waals surface area contributed by atoms with Crippen molar-refractivity contribution in [3.8, 4) is 5.69 Å². The zero-order chi connectivity index (χ0) is 15.1. The standard InChI is InChI=1S/C18H13N3O/c1-12-20-17-14-8-5-11-19-16(14)10-9-15(17)18(22)21(12)13-6-3-2-4-7-13/h2-11H,1H3. The zero-order valence-corrected chi connectivity index (χ0v) is 12.0. The van der Waals surface area contributed by atoms with Gasteiger partial charge in [0.1, 0.15) is 5.82 Å². The third-order valence-corrected chi connectivity index (χ3v) is 3.80. The molecule has 0 atom stereocenters. The first kappa shape index (κ1) is 12.7. The van der Waals surface area contributed by atoms with E-state index < -0.39 is 0 Å². The van der Waals surface area contributed by atoms with Crippen molar-refractivity contribution in [2.75, 3.05) is 0 Å². The number of aryl methyl sites for hydroxylation is 1. The second kappa shape index (κ2) is 4.77. The van der Waals surface area contributed by atoms with Crippen molar-refractivity contribution in [2.45, 2.75) is 6.92 Å². The molecule has 0 amide bonds. The van der Waals surface area contributed by atoms with Gasteiger partial charge in [0.25, 0.3) is 5.56 Å². The van der Waals surface area contributed by atoms with Gasteiger partial charge in [-0.15, -0.1) is 0 Å². The second-order valence-corrected chi connectivity index (χ2v) is 5.17. The van der Waals surface area contributed by atoms with Gasteiger partial charge in [-0.25, -0.2) is 4.98 Å². The number of rotatable bonds is 1. The Hall–Kier alpha value is -3.01. The number of aromatic nitrogens is 3. The highest BCUT2D eigenvalue weighted by molar-refractivity contribution is 6.03. The van der Waals surface area contributed by atoms with Crippen LogP contribution in [0.5, 0.6) is 0 Å². The summed E-state index contributed by atoms with van der Waals surface area (Å²) in [6, 6.07) is 17.0. The lowest BCUT2D eigenvalue weighted by Gasteiger charge is -2.11. The molecular formula is C18H13N3O. The van der Waals surface area contributed by atoms with E-state index in [1.165, 1.54) is 0 Å². The molecule has 4 rings (SSSR count). The molecule has 2 heterocycles. The van der Waals surface area contributed by atoms with Crippen molar-refractivity contribution < 1.29 is 0 Å². The third-order valence-electron chi connectivity index (χ3n) is 3.80. The van der Waals surface area contributed by atoms with Crippen molar-refractivity contribution >= 4 is 21.8 Å². The first-order valence-corrected chi connectivity index (χ1v) is 7.08. The Kier molecular flexibility index (Phi) is 2.76. The minimum atomic E-state index is -0.0561. The molecule has 4 nitrogen and oxygen atoms in total. The average molecular weight is 287 g/mol. The molecule has 0 radical (unpaired) electrons. The number of para-hydroxylation sites is 1. The molecule has 0 aliphatic carbocycles. The minimum Gasteiger partial charge on any atom is -0.268 e. The lowest BCUT2D eigenvalue weighted by atomic mass is 10.1. The summed E-state index contributed by atoms with van der Waals surface area (Å²) in [5.41, 5.74) is 2.32. The maximum atomic E-state index is 12.9. The summed E-state index contributed by atoms with van der Waals surface area (Å²) in [4.78, 5) is 21.9. The molecule has 2 aromatic carbocycles. The van der Waals surface area contributed by atoms with Crippen molar-refractivity contribution in [3.63, 3.8) is 0 Å². The molecule has 0 spiro atoms. The molecule has 0 aliphatic rings. The minimum absolute atomic E-state index is 0.0561. The van der Waals surface area contributed by atoms with E-state index in [1.54, 1.807) is 16.8 Å². The summed E-state index contributed by atoms with van der Waals surface area (Å²) >= 11 is 0. The lowest BCUT2D eigenvalue weighted by Crippen LogP contribution is -2.22. The molecule has 0 N–H and O–H groups in total. The summed E-state index contributed by atoms with van der Waals surface area (Å²) in [6.07, 6.45) is 1.74. The van der Waals surface area contributed by atoms with Gasteiger partial charge in [-0.05, 0) is 43.3 Å². The third kappa shape index (κ3) is 1.81. The molecule has 4 aromatic rings. The SMILES string of the molecule is Cc1nc2c(ccc3ncccc32)c(=O)n1-c1ccccc1. The van der Waals surface area contributed by atoms with E-state index in [4.69, 9.17) is 0 Å². The van der Waals surface area contributed by atoms with Crippen LogP contribution in [0.1, 0.15) is 5.82 Å². The number of benzene rings is 2. The summed E-state index contributed by atoms with van der Waals surface area (Å²) in [6.45, 7) is 1.85. The van der Waals surface area contributed by atoms with Gasteiger partial charge in [0, 0.05) is 11.6 Å². The topological polar surface area (TPSA) is 47.8 Å². The molecular weight excluding hydrogens is 274 g/mol. The van der Waals surface area contributed by atoms with Crippen LogP contribution in [0.25, 0.3) is 27.5 Å². The molecule has 0 unspecified atom stereocenters. The van der Waals surface area contributed by atoms with Crippen molar-refractivity contribution in [1.29, 1.82) is 0 Å². The molecule has 106 valence electrons. The smallest absolute Gasteiger partial charge is 0.265 e. The Morgan fingerprint density at radius 2 is 1.73 bits per heavy atom. The Balaban J connectivity index is 2.15. The molecule has 4 heteroatoms. The van der Waals surface area contributed by atoms with Crippen LogP contribution >= 0.6 is 0 Å². The van der Waals surface area contributed by atoms with Crippen molar-refractivity contribution in [3.05, 3.63) is 77.0 Å². The van der Waals surface area contributed by atoms with Crippen LogP contribution in [0.4, 0.5) is 0 Å². The molecule has 0 saturated carbocycles. The van der Waals surface area contributed by atoms with Crippen LogP contribution in [-0.4, -0.2) is 14.5 Å². The number of hydrogen-bond acceptors (Lipinski definition) is 3. The first-order chi connectivity index (χ1) is 10.8. The maximum absolute atomic E-state index is 12.9. The number of pyridine rings is 1. The first-order valence-electron chi connectivity index (χ1n) is 7.08. The maximum Gasteiger partial charge on any atom is 0.265 e. The molecule has 0 bridgehead atoms.